The van der Waals surface area contributed by atoms with Gasteiger partial charge in [0.25, 0.3) is 5.56 Å². The highest BCUT2D eigenvalue weighted by Crippen LogP contribution is 2.30. The van der Waals surface area contributed by atoms with Crippen LogP contribution in [0.2, 0.25) is 0 Å². The molecule has 0 N–H and O–H groups in total. The van der Waals surface area contributed by atoms with E-state index < -0.39 is 16.1 Å². The molecule has 4 rings (SSSR count). The van der Waals surface area contributed by atoms with Crippen molar-refractivity contribution < 1.29 is 13.2 Å². The highest BCUT2D eigenvalue weighted by molar-refractivity contribution is 9.10. The minimum absolute atomic E-state index is 0.155. The number of methoxy groups -OCH3 is 1. The summed E-state index contributed by atoms with van der Waals surface area (Å²) in [6.45, 7) is 6.16. The highest BCUT2D eigenvalue weighted by atomic mass is 79.9. The summed E-state index contributed by atoms with van der Waals surface area (Å²) in [5, 5.41) is 0.466. The second-order valence-corrected chi connectivity index (χ2v) is 12.1. The number of hydrogen-bond acceptors (Lipinski definition) is 5. The van der Waals surface area contributed by atoms with Crippen molar-refractivity contribution in [3.05, 3.63) is 93.4 Å². The van der Waals surface area contributed by atoms with Crippen molar-refractivity contribution in [3.63, 3.8) is 0 Å². The van der Waals surface area contributed by atoms with E-state index in [1.165, 1.54) is 16.0 Å². The first-order chi connectivity index (χ1) is 17.6. The van der Waals surface area contributed by atoms with Crippen LogP contribution < -0.4 is 10.3 Å². The number of aromatic nitrogens is 2. The summed E-state index contributed by atoms with van der Waals surface area (Å²) < 4.78 is 37.0. The van der Waals surface area contributed by atoms with Gasteiger partial charge in [0.15, 0.2) is 0 Å². The summed E-state index contributed by atoms with van der Waals surface area (Å²) in [6, 6.07) is 20.0. The predicted octanol–water partition coefficient (Wildman–Crippen LogP) is 5.95. The molecule has 0 aliphatic rings. The van der Waals surface area contributed by atoms with Gasteiger partial charge in [-0.25, -0.2) is 13.4 Å². The molecule has 0 aliphatic heterocycles. The number of hydrogen-bond donors (Lipinski definition) is 0. The van der Waals surface area contributed by atoms with Crippen LogP contribution in [0, 0.1) is 5.92 Å². The van der Waals surface area contributed by atoms with Crippen LogP contribution in [0.3, 0.4) is 0 Å². The highest BCUT2D eigenvalue weighted by Gasteiger charge is 2.33. The van der Waals surface area contributed by atoms with Crippen LogP contribution in [-0.2, 0) is 10.0 Å². The zero-order valence-corrected chi connectivity index (χ0v) is 23.7. The third-order valence-electron chi connectivity index (χ3n) is 6.28. The van der Waals surface area contributed by atoms with E-state index in [4.69, 9.17) is 9.72 Å². The number of nitrogens with zero attached hydrogens (tertiary/aromatic N) is 3. The van der Waals surface area contributed by atoms with Crippen LogP contribution in [0.1, 0.15) is 39.1 Å². The van der Waals surface area contributed by atoms with E-state index in [0.717, 1.165) is 4.47 Å². The van der Waals surface area contributed by atoms with Gasteiger partial charge in [0.05, 0.1) is 34.6 Å². The van der Waals surface area contributed by atoms with Gasteiger partial charge in [-0.05, 0) is 79.9 Å². The van der Waals surface area contributed by atoms with E-state index in [1.807, 2.05) is 30.3 Å². The maximum Gasteiger partial charge on any atom is 0.266 e. The Balaban J connectivity index is 1.92. The molecule has 7 nitrogen and oxygen atoms in total. The number of rotatable bonds is 9. The Morgan fingerprint density at radius 3 is 2.24 bits per heavy atom. The first kappa shape index (κ1) is 27.0. The Bertz CT molecular complexity index is 1550. The van der Waals surface area contributed by atoms with E-state index in [-0.39, 0.29) is 22.9 Å². The number of fused-ring (bicyclic) bond motifs is 1. The Morgan fingerprint density at radius 1 is 0.973 bits per heavy atom. The molecular formula is C28H30BrN3O4S. The van der Waals surface area contributed by atoms with Gasteiger partial charge in [0, 0.05) is 11.0 Å². The second-order valence-electron chi connectivity index (χ2n) is 9.25. The van der Waals surface area contributed by atoms with Crippen molar-refractivity contribution in [1.29, 1.82) is 0 Å². The molecule has 3 aromatic carbocycles. The van der Waals surface area contributed by atoms with Crippen LogP contribution in [0.4, 0.5) is 0 Å². The first-order valence-corrected chi connectivity index (χ1v) is 14.3. The lowest BCUT2D eigenvalue weighted by Crippen LogP contribution is -2.38. The van der Waals surface area contributed by atoms with E-state index in [9.17, 15) is 13.2 Å². The zero-order valence-electron chi connectivity index (χ0n) is 21.3. The van der Waals surface area contributed by atoms with E-state index in [1.54, 1.807) is 49.4 Å². The minimum atomic E-state index is -3.93. The van der Waals surface area contributed by atoms with Crippen molar-refractivity contribution in [3.8, 4) is 11.4 Å². The molecule has 0 aliphatic carbocycles. The van der Waals surface area contributed by atoms with Gasteiger partial charge in [-0.1, -0.05) is 41.9 Å². The van der Waals surface area contributed by atoms with E-state index in [2.05, 4.69) is 29.8 Å². The summed E-state index contributed by atoms with van der Waals surface area (Å²) in [7, 11) is -2.39. The Kier molecular flexibility index (Phi) is 8.16. The molecule has 0 saturated carbocycles. The Hall–Kier alpha value is -3.01. The van der Waals surface area contributed by atoms with Gasteiger partial charge in [-0.2, -0.15) is 4.31 Å². The van der Waals surface area contributed by atoms with Crippen molar-refractivity contribution in [2.45, 2.75) is 38.1 Å². The van der Waals surface area contributed by atoms with Crippen LogP contribution in [0.25, 0.3) is 16.6 Å². The Labute approximate surface area is 225 Å². The third kappa shape index (κ3) is 5.63. The molecule has 1 aromatic heterocycles. The van der Waals surface area contributed by atoms with Gasteiger partial charge in [0.2, 0.25) is 10.0 Å². The van der Waals surface area contributed by atoms with Gasteiger partial charge in [-0.15, -0.1) is 0 Å². The average molecular weight is 585 g/mol. The molecule has 194 valence electrons. The fourth-order valence-corrected chi connectivity index (χ4v) is 6.06. The number of ether oxygens (including phenoxy) is 1. The molecule has 0 radical (unpaired) electrons. The lowest BCUT2D eigenvalue weighted by atomic mass is 10.1. The minimum Gasteiger partial charge on any atom is -0.497 e. The average Bonchev–Trinajstić information content (AvgIpc) is 2.89. The summed E-state index contributed by atoms with van der Waals surface area (Å²) in [4.78, 5) is 18.7. The maximum absolute atomic E-state index is 14.0. The first-order valence-electron chi connectivity index (χ1n) is 12.1. The van der Waals surface area contributed by atoms with Crippen LogP contribution in [0.15, 0.2) is 87.0 Å². The monoisotopic (exact) mass is 583 g/mol. The standard InChI is InChI=1S/C28H30BrN3O4S/c1-19(2)17-18-31(37(34,35)24-15-13-23(36-4)14-16-24)20(3)27-30-26-8-6-5-7-25(26)28(33)32(27)22-11-9-21(29)10-12-22/h5-16,19-20H,17-18H2,1-4H3. The van der Waals surface area contributed by atoms with Crippen LogP contribution in [-0.4, -0.2) is 35.9 Å². The third-order valence-corrected chi connectivity index (χ3v) is 8.80. The fourth-order valence-electron chi connectivity index (χ4n) is 4.19. The number of sulfonamides is 1. The quantitative estimate of drug-likeness (QED) is 0.243. The van der Waals surface area contributed by atoms with Crippen molar-refractivity contribution in [2.24, 2.45) is 5.92 Å². The SMILES string of the molecule is COc1ccc(S(=O)(=O)N(CCC(C)C)C(C)c2nc3ccccc3c(=O)n2-c2ccc(Br)cc2)cc1. The summed E-state index contributed by atoms with van der Waals surface area (Å²) in [6.07, 6.45) is 0.649. The number of halogens is 1. The normalized spacial score (nSPS) is 12.8. The molecule has 37 heavy (non-hydrogen) atoms. The van der Waals surface area contributed by atoms with Crippen LogP contribution in [0.5, 0.6) is 5.75 Å². The molecule has 0 fully saturated rings. The molecule has 0 amide bonds. The van der Waals surface area contributed by atoms with Crippen LogP contribution >= 0.6 is 15.9 Å². The largest absolute Gasteiger partial charge is 0.497 e. The topological polar surface area (TPSA) is 81.5 Å². The predicted molar refractivity (Wildman–Crippen MR) is 150 cm³/mol. The van der Waals surface area contributed by atoms with Gasteiger partial charge in [0.1, 0.15) is 11.6 Å². The Morgan fingerprint density at radius 2 is 1.62 bits per heavy atom. The molecule has 1 unspecified atom stereocenters. The smallest absolute Gasteiger partial charge is 0.266 e. The number of benzene rings is 3. The van der Waals surface area contributed by atoms with Crippen molar-refractivity contribution >= 4 is 36.9 Å². The molecule has 0 bridgehead atoms. The van der Waals surface area contributed by atoms with E-state index >= 15 is 0 Å². The summed E-state index contributed by atoms with van der Waals surface area (Å²) >= 11 is 3.44. The second kappa shape index (κ2) is 11.2. The maximum atomic E-state index is 14.0. The van der Waals surface area contributed by atoms with E-state index in [0.29, 0.717) is 34.6 Å². The lowest BCUT2D eigenvalue weighted by molar-refractivity contribution is 0.308. The molecule has 1 heterocycles. The molecule has 4 aromatic rings. The molecular weight excluding hydrogens is 554 g/mol. The number of para-hydroxylation sites is 1. The van der Waals surface area contributed by atoms with Gasteiger partial charge < -0.3 is 4.74 Å². The van der Waals surface area contributed by atoms with Gasteiger partial charge >= 0.3 is 0 Å². The van der Waals surface area contributed by atoms with Crippen molar-refractivity contribution in [1.82, 2.24) is 13.9 Å². The lowest BCUT2D eigenvalue weighted by Gasteiger charge is -2.30. The van der Waals surface area contributed by atoms with Crippen molar-refractivity contribution in [2.75, 3.05) is 13.7 Å². The molecule has 9 heteroatoms. The summed E-state index contributed by atoms with van der Waals surface area (Å²) in [5.41, 5.74) is 0.882. The zero-order chi connectivity index (χ0) is 26.7. The molecule has 0 spiro atoms. The fraction of sp³-hybridized carbons (Fsp3) is 0.286. The van der Waals surface area contributed by atoms with Gasteiger partial charge in [-0.3, -0.25) is 9.36 Å². The molecule has 0 saturated heterocycles. The summed E-state index contributed by atoms with van der Waals surface area (Å²) in [5.74, 6) is 1.20. The molecule has 1 atom stereocenters.